The van der Waals surface area contributed by atoms with Crippen molar-refractivity contribution in [3.8, 4) is 0 Å². The van der Waals surface area contributed by atoms with E-state index in [1.807, 2.05) is 37.3 Å². The number of furan rings is 1. The first-order chi connectivity index (χ1) is 9.22. The van der Waals surface area contributed by atoms with E-state index in [1.54, 1.807) is 0 Å². The summed E-state index contributed by atoms with van der Waals surface area (Å²) < 4.78 is 5.51. The first-order valence-corrected chi connectivity index (χ1v) is 6.47. The smallest absolute Gasteiger partial charge is 0.198 e. The van der Waals surface area contributed by atoms with Crippen LogP contribution in [0.4, 0.5) is 0 Å². The fourth-order valence-electron chi connectivity index (χ4n) is 2.07. The molecule has 1 aliphatic heterocycles. The number of amidine groups is 1. The molecule has 1 unspecified atom stereocenters. The molecule has 1 aromatic heterocycles. The molecule has 4 nitrogen and oxygen atoms in total. The second kappa shape index (κ2) is 4.93. The molecule has 1 aliphatic carbocycles. The minimum absolute atomic E-state index is 0.0627. The van der Waals surface area contributed by atoms with Crippen molar-refractivity contribution in [2.24, 2.45) is 15.9 Å². The summed E-state index contributed by atoms with van der Waals surface area (Å²) in [6.07, 6.45) is 7.97. The Hall–Kier alpha value is -2.01. The van der Waals surface area contributed by atoms with Gasteiger partial charge in [0.2, 0.25) is 0 Å². The standard InChI is InChI=1S/C14H13N3OS/c1-9-6-7-10(18-9)8-15-13-11-4-2-3-5-12(11)16-14(19)17-13/h2-7,11H,8H2,1H3,(H,15,17,19). The lowest BCUT2D eigenvalue weighted by Gasteiger charge is -2.23. The summed E-state index contributed by atoms with van der Waals surface area (Å²) in [5, 5.41) is 3.52. The number of nitrogens with one attached hydrogen (secondary N) is 1. The van der Waals surface area contributed by atoms with E-state index in [1.165, 1.54) is 0 Å². The normalized spacial score (nSPS) is 23.2. The van der Waals surface area contributed by atoms with Crippen molar-refractivity contribution in [3.63, 3.8) is 0 Å². The molecule has 0 saturated carbocycles. The number of aryl methyl sites for hydroxylation is 1. The molecule has 2 aliphatic rings. The van der Waals surface area contributed by atoms with Crippen LogP contribution in [-0.4, -0.2) is 16.7 Å². The number of aliphatic imine (C=N–C) groups is 2. The first kappa shape index (κ1) is 12.0. The fourth-order valence-corrected chi connectivity index (χ4v) is 2.28. The van der Waals surface area contributed by atoms with Gasteiger partial charge >= 0.3 is 0 Å². The van der Waals surface area contributed by atoms with Crippen molar-refractivity contribution < 1.29 is 4.42 Å². The number of thiocarbonyl (C=S) groups is 1. The third-order valence-electron chi connectivity index (χ3n) is 2.96. The lowest BCUT2D eigenvalue weighted by atomic mass is 9.96. The lowest BCUT2D eigenvalue weighted by Crippen LogP contribution is -2.42. The highest BCUT2D eigenvalue weighted by Crippen LogP contribution is 2.16. The van der Waals surface area contributed by atoms with Crippen LogP contribution in [0.1, 0.15) is 11.5 Å². The molecular weight excluding hydrogens is 258 g/mol. The van der Waals surface area contributed by atoms with Crippen molar-refractivity contribution in [3.05, 3.63) is 48.0 Å². The summed E-state index contributed by atoms with van der Waals surface area (Å²) in [4.78, 5) is 8.87. The maximum Gasteiger partial charge on any atom is 0.198 e. The third kappa shape index (κ3) is 2.56. The topological polar surface area (TPSA) is 49.9 Å². The Morgan fingerprint density at radius 2 is 2.32 bits per heavy atom. The number of rotatable bonds is 2. The number of hydrogen-bond donors (Lipinski definition) is 1. The van der Waals surface area contributed by atoms with Gasteiger partial charge in [-0.1, -0.05) is 18.2 Å². The van der Waals surface area contributed by atoms with Crippen LogP contribution in [-0.2, 0) is 6.54 Å². The molecule has 1 aromatic rings. The Morgan fingerprint density at radius 3 is 3.11 bits per heavy atom. The molecule has 2 heterocycles. The molecule has 0 aromatic carbocycles. The number of allylic oxidation sites excluding steroid dienone is 3. The van der Waals surface area contributed by atoms with Crippen LogP contribution in [0.15, 0.2) is 50.8 Å². The van der Waals surface area contributed by atoms with Crippen LogP contribution >= 0.6 is 12.2 Å². The van der Waals surface area contributed by atoms with Crippen LogP contribution in [0.3, 0.4) is 0 Å². The van der Waals surface area contributed by atoms with Crippen LogP contribution in [0.2, 0.25) is 0 Å². The SMILES string of the molecule is Cc1ccc(CN=C2NC(=S)N=C3C=CC=CC32)o1. The van der Waals surface area contributed by atoms with E-state index in [0.29, 0.717) is 11.7 Å². The van der Waals surface area contributed by atoms with Crippen molar-refractivity contribution in [1.29, 1.82) is 0 Å². The highest BCUT2D eigenvalue weighted by Gasteiger charge is 2.24. The monoisotopic (exact) mass is 271 g/mol. The summed E-state index contributed by atoms with van der Waals surface area (Å²) in [6.45, 7) is 2.42. The van der Waals surface area contributed by atoms with E-state index in [-0.39, 0.29) is 5.92 Å². The Labute approximate surface area is 116 Å². The van der Waals surface area contributed by atoms with Gasteiger partial charge in [0, 0.05) is 0 Å². The van der Waals surface area contributed by atoms with Crippen LogP contribution < -0.4 is 5.32 Å². The van der Waals surface area contributed by atoms with Gasteiger partial charge in [0.05, 0.1) is 18.2 Å². The van der Waals surface area contributed by atoms with Gasteiger partial charge in [-0.25, -0.2) is 4.99 Å². The van der Waals surface area contributed by atoms with E-state index < -0.39 is 0 Å². The molecule has 0 amide bonds. The average Bonchev–Trinajstić information content (AvgIpc) is 2.81. The van der Waals surface area contributed by atoms with E-state index in [2.05, 4.69) is 21.4 Å². The summed E-state index contributed by atoms with van der Waals surface area (Å²) >= 11 is 5.13. The van der Waals surface area contributed by atoms with Gasteiger partial charge in [0.15, 0.2) is 5.11 Å². The molecule has 1 N–H and O–H groups in total. The molecule has 0 spiro atoms. The van der Waals surface area contributed by atoms with Crippen LogP contribution in [0.25, 0.3) is 0 Å². The van der Waals surface area contributed by atoms with Crippen molar-refractivity contribution in [1.82, 2.24) is 5.32 Å². The fraction of sp³-hybridized carbons (Fsp3) is 0.214. The third-order valence-corrected chi connectivity index (χ3v) is 3.16. The zero-order chi connectivity index (χ0) is 13.2. The van der Waals surface area contributed by atoms with E-state index in [9.17, 15) is 0 Å². The van der Waals surface area contributed by atoms with E-state index in [0.717, 1.165) is 23.1 Å². The molecule has 5 heteroatoms. The highest BCUT2D eigenvalue weighted by atomic mass is 32.1. The maximum absolute atomic E-state index is 5.51. The molecule has 96 valence electrons. The van der Waals surface area contributed by atoms with Gasteiger partial charge in [-0.3, -0.25) is 4.99 Å². The number of nitrogens with zero attached hydrogens (tertiary/aromatic N) is 2. The molecule has 0 radical (unpaired) electrons. The maximum atomic E-state index is 5.51. The zero-order valence-corrected chi connectivity index (χ0v) is 11.3. The summed E-state index contributed by atoms with van der Waals surface area (Å²) in [7, 11) is 0. The minimum Gasteiger partial charge on any atom is -0.464 e. The van der Waals surface area contributed by atoms with Crippen LogP contribution in [0, 0.1) is 12.8 Å². The van der Waals surface area contributed by atoms with E-state index >= 15 is 0 Å². The number of fused-ring (bicyclic) bond motifs is 1. The van der Waals surface area contributed by atoms with Gasteiger partial charge < -0.3 is 9.73 Å². The van der Waals surface area contributed by atoms with Gasteiger partial charge in [-0.2, -0.15) is 0 Å². The molecule has 3 rings (SSSR count). The van der Waals surface area contributed by atoms with Gasteiger partial charge in [0.25, 0.3) is 0 Å². The summed E-state index contributed by atoms with van der Waals surface area (Å²) in [6, 6.07) is 3.87. The van der Waals surface area contributed by atoms with Crippen LogP contribution in [0.5, 0.6) is 0 Å². The van der Waals surface area contributed by atoms with Crippen molar-refractivity contribution >= 4 is 28.9 Å². The second-order valence-electron chi connectivity index (χ2n) is 4.40. The highest BCUT2D eigenvalue weighted by molar-refractivity contribution is 7.80. The molecule has 0 saturated heterocycles. The Kier molecular flexibility index (Phi) is 3.13. The summed E-state index contributed by atoms with van der Waals surface area (Å²) in [5.74, 6) is 2.62. The van der Waals surface area contributed by atoms with Gasteiger partial charge in [-0.15, -0.1) is 0 Å². The average molecular weight is 271 g/mol. The molecular formula is C14H13N3OS. The Balaban J connectivity index is 1.84. The van der Waals surface area contributed by atoms with E-state index in [4.69, 9.17) is 16.6 Å². The zero-order valence-electron chi connectivity index (χ0n) is 10.5. The van der Waals surface area contributed by atoms with Gasteiger partial charge in [-0.05, 0) is 37.4 Å². The van der Waals surface area contributed by atoms with Gasteiger partial charge in [0.1, 0.15) is 17.4 Å². The molecule has 1 atom stereocenters. The predicted octanol–water partition coefficient (Wildman–Crippen LogP) is 2.56. The lowest BCUT2D eigenvalue weighted by molar-refractivity contribution is 0.485. The number of hydrogen-bond acceptors (Lipinski definition) is 3. The van der Waals surface area contributed by atoms with Crippen molar-refractivity contribution in [2.45, 2.75) is 13.5 Å². The second-order valence-corrected chi connectivity index (χ2v) is 4.79. The molecule has 19 heavy (non-hydrogen) atoms. The first-order valence-electron chi connectivity index (χ1n) is 6.06. The Morgan fingerprint density at radius 1 is 1.42 bits per heavy atom. The predicted molar refractivity (Wildman–Crippen MR) is 79.5 cm³/mol. The quantitative estimate of drug-likeness (QED) is 0.841. The Bertz CT molecular complexity index is 637. The summed E-state index contributed by atoms with van der Waals surface area (Å²) in [5.41, 5.74) is 0.931. The molecule has 0 fully saturated rings. The largest absolute Gasteiger partial charge is 0.464 e. The molecule has 0 bridgehead atoms. The van der Waals surface area contributed by atoms with Crippen molar-refractivity contribution in [2.75, 3.05) is 0 Å². The minimum atomic E-state index is 0.0627.